The van der Waals surface area contributed by atoms with E-state index >= 15 is 0 Å². The Morgan fingerprint density at radius 2 is 1.45 bits per heavy atom. The lowest BCUT2D eigenvalue weighted by Crippen LogP contribution is -2.53. The lowest BCUT2D eigenvalue weighted by molar-refractivity contribution is -0.376. The molecule has 1 heterocycles. The Balaban J connectivity index is 1.77. The predicted molar refractivity (Wildman–Crippen MR) is 110 cm³/mol. The summed E-state index contributed by atoms with van der Waals surface area (Å²) in [4.78, 5) is 15.4. The summed E-state index contributed by atoms with van der Waals surface area (Å²) < 4.78 is 78.5. The lowest BCUT2D eigenvalue weighted by atomic mass is 9.90. The van der Waals surface area contributed by atoms with Crippen LogP contribution in [0.5, 0.6) is 0 Å². The van der Waals surface area contributed by atoms with Gasteiger partial charge in [-0.3, -0.25) is 9.69 Å². The van der Waals surface area contributed by atoms with Crippen molar-refractivity contribution in [2.75, 3.05) is 26.2 Å². The maximum absolute atomic E-state index is 13.1. The van der Waals surface area contributed by atoms with Crippen molar-refractivity contribution >= 4 is 5.91 Å². The summed E-state index contributed by atoms with van der Waals surface area (Å²) in [5.41, 5.74) is -3.31. The maximum Gasteiger partial charge on any atom is 0.430 e. The van der Waals surface area contributed by atoms with Crippen LogP contribution in [-0.2, 0) is 16.9 Å². The molecule has 1 aliphatic rings. The first-order valence-electron chi connectivity index (χ1n) is 10.3. The van der Waals surface area contributed by atoms with E-state index in [0.717, 1.165) is 36.3 Å². The first-order chi connectivity index (χ1) is 15.2. The summed E-state index contributed by atoms with van der Waals surface area (Å²) in [6, 6.07) is 9.13. The van der Waals surface area contributed by atoms with Gasteiger partial charge < -0.3 is 10.0 Å². The highest BCUT2D eigenvalue weighted by Crippen LogP contribution is 2.50. The van der Waals surface area contributed by atoms with Gasteiger partial charge in [0.1, 0.15) is 0 Å². The number of aliphatic hydroxyl groups is 1. The Hall–Kier alpha value is -2.59. The van der Waals surface area contributed by atoms with Gasteiger partial charge in [0.25, 0.3) is 5.60 Å². The number of hydrogen-bond acceptors (Lipinski definition) is 3. The molecule has 1 fully saturated rings. The SMILES string of the molecule is CC(=O)N1CCN(Cc2ccc(-c3ccc(C(O)(C(F)(F)F)C(F)(F)F)cc3)c(C)c2)CC1. The van der Waals surface area contributed by atoms with Gasteiger partial charge in [-0.1, -0.05) is 42.5 Å². The third-order valence-corrected chi connectivity index (χ3v) is 5.95. The van der Waals surface area contributed by atoms with Crippen molar-refractivity contribution in [3.8, 4) is 11.1 Å². The number of piperazine rings is 1. The van der Waals surface area contributed by atoms with E-state index in [2.05, 4.69) is 4.90 Å². The molecule has 0 aliphatic carbocycles. The average molecular weight is 474 g/mol. The van der Waals surface area contributed by atoms with Crippen LogP contribution in [-0.4, -0.2) is 59.3 Å². The number of hydrogen-bond donors (Lipinski definition) is 1. The molecule has 3 rings (SSSR count). The van der Waals surface area contributed by atoms with E-state index < -0.39 is 23.5 Å². The summed E-state index contributed by atoms with van der Waals surface area (Å²) >= 11 is 0. The van der Waals surface area contributed by atoms with Crippen LogP contribution in [0.15, 0.2) is 42.5 Å². The molecule has 2 aromatic carbocycles. The second kappa shape index (κ2) is 8.98. The summed E-state index contributed by atoms with van der Waals surface area (Å²) in [6.07, 6.45) is -11.8. The molecular formula is C23H24F6N2O2. The average Bonchev–Trinajstić information content (AvgIpc) is 2.72. The molecule has 2 aromatic rings. The van der Waals surface area contributed by atoms with Crippen molar-refractivity contribution in [2.45, 2.75) is 38.3 Å². The number of aryl methyl sites for hydroxylation is 1. The second-order valence-electron chi connectivity index (χ2n) is 8.21. The Morgan fingerprint density at radius 3 is 1.91 bits per heavy atom. The van der Waals surface area contributed by atoms with Crippen LogP contribution in [0, 0.1) is 6.92 Å². The van der Waals surface area contributed by atoms with Crippen molar-refractivity contribution < 1.29 is 36.2 Å². The molecule has 4 nitrogen and oxygen atoms in total. The van der Waals surface area contributed by atoms with Gasteiger partial charge in [0.15, 0.2) is 0 Å². The van der Waals surface area contributed by atoms with Gasteiger partial charge >= 0.3 is 12.4 Å². The van der Waals surface area contributed by atoms with Gasteiger partial charge in [0, 0.05) is 45.2 Å². The minimum absolute atomic E-state index is 0.0461. The summed E-state index contributed by atoms with van der Waals surface area (Å²) in [7, 11) is 0. The van der Waals surface area contributed by atoms with Crippen molar-refractivity contribution in [1.29, 1.82) is 0 Å². The van der Waals surface area contributed by atoms with Crippen LogP contribution >= 0.6 is 0 Å². The standard InChI is InChI=1S/C23H24F6N2O2/c1-15-13-17(14-30-9-11-31(12-10-30)16(2)32)3-8-20(15)18-4-6-19(7-5-18)21(33,22(24,25)26)23(27,28)29/h3-8,13,33H,9-12,14H2,1-2H3. The van der Waals surface area contributed by atoms with Crippen LogP contribution in [0.4, 0.5) is 26.3 Å². The lowest BCUT2D eigenvalue weighted by Gasteiger charge is -2.34. The molecule has 1 N–H and O–H groups in total. The van der Waals surface area contributed by atoms with Gasteiger partial charge in [-0.15, -0.1) is 0 Å². The van der Waals surface area contributed by atoms with E-state index in [1.165, 1.54) is 6.92 Å². The summed E-state index contributed by atoms with van der Waals surface area (Å²) in [5.74, 6) is 0.0461. The molecule has 1 saturated heterocycles. The molecule has 0 atom stereocenters. The van der Waals surface area contributed by atoms with Crippen molar-refractivity contribution in [2.24, 2.45) is 0 Å². The zero-order valence-electron chi connectivity index (χ0n) is 18.1. The van der Waals surface area contributed by atoms with E-state index in [-0.39, 0.29) is 5.91 Å². The normalized spacial score (nSPS) is 16.2. The molecule has 0 bridgehead atoms. The quantitative estimate of drug-likeness (QED) is 0.657. The number of alkyl halides is 6. The number of rotatable bonds is 4. The van der Waals surface area contributed by atoms with Crippen LogP contribution in [0.3, 0.4) is 0 Å². The molecule has 10 heteroatoms. The van der Waals surface area contributed by atoms with Crippen molar-refractivity contribution in [3.05, 3.63) is 59.2 Å². The molecule has 0 saturated carbocycles. The molecule has 1 amide bonds. The minimum Gasteiger partial charge on any atom is -0.369 e. The molecule has 180 valence electrons. The summed E-state index contributed by atoms with van der Waals surface area (Å²) in [5, 5.41) is 9.53. The fourth-order valence-corrected chi connectivity index (χ4v) is 4.01. The van der Waals surface area contributed by atoms with Gasteiger partial charge in [-0.2, -0.15) is 26.3 Å². The first-order valence-corrected chi connectivity index (χ1v) is 10.3. The van der Waals surface area contributed by atoms with Crippen LogP contribution in [0.1, 0.15) is 23.6 Å². The third kappa shape index (κ3) is 5.01. The molecular weight excluding hydrogens is 450 g/mol. The fourth-order valence-electron chi connectivity index (χ4n) is 4.01. The predicted octanol–water partition coefficient (Wildman–Crippen LogP) is 4.64. The topological polar surface area (TPSA) is 43.8 Å². The van der Waals surface area contributed by atoms with Gasteiger partial charge in [-0.05, 0) is 29.2 Å². The molecule has 0 radical (unpaired) electrons. The summed E-state index contributed by atoms with van der Waals surface area (Å²) in [6.45, 7) is 6.80. The van der Waals surface area contributed by atoms with Crippen LogP contribution < -0.4 is 0 Å². The molecule has 0 aromatic heterocycles. The maximum atomic E-state index is 13.1. The van der Waals surface area contributed by atoms with Gasteiger partial charge in [0.05, 0.1) is 0 Å². The number of benzene rings is 2. The van der Waals surface area contributed by atoms with E-state index in [4.69, 9.17) is 0 Å². The highest BCUT2D eigenvalue weighted by atomic mass is 19.4. The Morgan fingerprint density at radius 1 is 0.909 bits per heavy atom. The zero-order chi connectivity index (χ0) is 24.6. The Bertz CT molecular complexity index is 979. The Labute approximate surface area is 187 Å². The number of halogens is 6. The largest absolute Gasteiger partial charge is 0.430 e. The minimum atomic E-state index is -5.92. The monoisotopic (exact) mass is 474 g/mol. The zero-order valence-corrected chi connectivity index (χ0v) is 18.1. The smallest absolute Gasteiger partial charge is 0.369 e. The van der Waals surface area contributed by atoms with Crippen LogP contribution in [0.2, 0.25) is 0 Å². The third-order valence-electron chi connectivity index (χ3n) is 5.95. The number of carbonyl (C=O) groups is 1. The number of nitrogens with zero attached hydrogens (tertiary/aromatic N) is 2. The second-order valence-corrected chi connectivity index (χ2v) is 8.21. The molecule has 0 unspecified atom stereocenters. The van der Waals surface area contributed by atoms with E-state index in [1.807, 2.05) is 19.1 Å². The van der Waals surface area contributed by atoms with Gasteiger partial charge in [-0.25, -0.2) is 0 Å². The molecule has 33 heavy (non-hydrogen) atoms. The van der Waals surface area contributed by atoms with E-state index in [9.17, 15) is 36.2 Å². The molecule has 1 aliphatic heterocycles. The van der Waals surface area contributed by atoms with Crippen LogP contribution in [0.25, 0.3) is 11.1 Å². The first kappa shape index (κ1) is 25.0. The number of amides is 1. The Kier molecular flexibility index (Phi) is 6.82. The fraction of sp³-hybridized carbons (Fsp3) is 0.435. The number of carbonyl (C=O) groups excluding carboxylic acids is 1. The van der Waals surface area contributed by atoms with Crippen molar-refractivity contribution in [1.82, 2.24) is 9.80 Å². The van der Waals surface area contributed by atoms with E-state index in [1.54, 1.807) is 11.0 Å². The highest BCUT2D eigenvalue weighted by molar-refractivity contribution is 5.73. The highest BCUT2D eigenvalue weighted by Gasteiger charge is 2.71. The van der Waals surface area contributed by atoms with Crippen molar-refractivity contribution in [3.63, 3.8) is 0 Å². The molecule has 0 spiro atoms. The van der Waals surface area contributed by atoms with Gasteiger partial charge in [0.2, 0.25) is 5.91 Å². The van der Waals surface area contributed by atoms with E-state index in [0.29, 0.717) is 42.9 Å².